The van der Waals surface area contributed by atoms with E-state index in [2.05, 4.69) is 5.32 Å². The second kappa shape index (κ2) is 3.94. The zero-order valence-corrected chi connectivity index (χ0v) is 7.51. The van der Waals surface area contributed by atoms with Gasteiger partial charge in [0.1, 0.15) is 0 Å². The van der Waals surface area contributed by atoms with Crippen molar-refractivity contribution in [2.24, 2.45) is 5.92 Å². The number of nitrogens with one attached hydrogen (secondary N) is 1. The van der Waals surface area contributed by atoms with Crippen molar-refractivity contribution in [1.29, 1.82) is 0 Å². The van der Waals surface area contributed by atoms with Gasteiger partial charge >= 0.3 is 0 Å². The van der Waals surface area contributed by atoms with E-state index in [1.165, 1.54) is 38.8 Å². The lowest BCUT2D eigenvalue weighted by atomic mass is 9.87. The SMILES string of the molecule is C1=C(C2CCNCC2)CCCO1. The molecule has 0 atom stereocenters. The van der Waals surface area contributed by atoms with Crippen molar-refractivity contribution in [2.45, 2.75) is 25.7 Å². The molecule has 0 aliphatic carbocycles. The molecule has 68 valence electrons. The van der Waals surface area contributed by atoms with Gasteiger partial charge in [-0.1, -0.05) is 0 Å². The van der Waals surface area contributed by atoms with Crippen LogP contribution in [-0.4, -0.2) is 19.7 Å². The Hall–Kier alpha value is -0.500. The van der Waals surface area contributed by atoms with Gasteiger partial charge in [-0.25, -0.2) is 0 Å². The summed E-state index contributed by atoms with van der Waals surface area (Å²) in [5.41, 5.74) is 1.56. The lowest BCUT2D eigenvalue weighted by Crippen LogP contribution is -2.29. The van der Waals surface area contributed by atoms with E-state index < -0.39 is 0 Å². The molecule has 0 spiro atoms. The van der Waals surface area contributed by atoms with Crippen molar-refractivity contribution in [3.63, 3.8) is 0 Å². The molecule has 2 heterocycles. The molecule has 2 rings (SSSR count). The molecule has 1 saturated heterocycles. The van der Waals surface area contributed by atoms with E-state index in [1.54, 1.807) is 5.57 Å². The maximum Gasteiger partial charge on any atom is 0.0876 e. The smallest absolute Gasteiger partial charge is 0.0876 e. The van der Waals surface area contributed by atoms with E-state index in [9.17, 15) is 0 Å². The van der Waals surface area contributed by atoms with E-state index in [1.807, 2.05) is 6.26 Å². The summed E-state index contributed by atoms with van der Waals surface area (Å²) in [4.78, 5) is 0. The average molecular weight is 167 g/mol. The maximum absolute atomic E-state index is 5.35. The third kappa shape index (κ3) is 1.81. The Balaban J connectivity index is 1.92. The van der Waals surface area contributed by atoms with Crippen molar-refractivity contribution in [3.8, 4) is 0 Å². The molecule has 2 nitrogen and oxygen atoms in total. The van der Waals surface area contributed by atoms with Crippen LogP contribution >= 0.6 is 0 Å². The molecule has 0 amide bonds. The first-order chi connectivity index (χ1) is 5.97. The molecule has 0 saturated carbocycles. The van der Waals surface area contributed by atoms with Crippen molar-refractivity contribution < 1.29 is 4.74 Å². The third-order valence-electron chi connectivity index (χ3n) is 2.83. The Kier molecular flexibility index (Phi) is 2.67. The van der Waals surface area contributed by atoms with Gasteiger partial charge in [-0.3, -0.25) is 0 Å². The van der Waals surface area contributed by atoms with Gasteiger partial charge in [-0.15, -0.1) is 0 Å². The Morgan fingerprint density at radius 2 is 2.17 bits per heavy atom. The second-order valence-electron chi connectivity index (χ2n) is 3.69. The second-order valence-corrected chi connectivity index (χ2v) is 3.69. The molecule has 12 heavy (non-hydrogen) atoms. The van der Waals surface area contributed by atoms with Gasteiger partial charge in [0.05, 0.1) is 12.9 Å². The van der Waals surface area contributed by atoms with Crippen LogP contribution in [0.4, 0.5) is 0 Å². The van der Waals surface area contributed by atoms with Crippen LogP contribution in [0.2, 0.25) is 0 Å². The van der Waals surface area contributed by atoms with Crippen molar-refractivity contribution in [3.05, 3.63) is 11.8 Å². The summed E-state index contributed by atoms with van der Waals surface area (Å²) < 4.78 is 5.35. The molecule has 2 aliphatic rings. The molecular formula is C10H17NO. The summed E-state index contributed by atoms with van der Waals surface area (Å²) in [7, 11) is 0. The van der Waals surface area contributed by atoms with Crippen LogP contribution in [0.25, 0.3) is 0 Å². The number of hydrogen-bond acceptors (Lipinski definition) is 2. The first kappa shape index (κ1) is 8.11. The standard InChI is InChI=1S/C10H17NO/c1-2-10(8-12-7-1)9-3-5-11-6-4-9/h8-9,11H,1-7H2. The van der Waals surface area contributed by atoms with Crippen LogP contribution in [0, 0.1) is 5.92 Å². The van der Waals surface area contributed by atoms with Crippen LogP contribution in [0.5, 0.6) is 0 Å². The summed E-state index contributed by atoms with van der Waals surface area (Å²) in [6, 6.07) is 0. The van der Waals surface area contributed by atoms with E-state index in [0.717, 1.165) is 12.5 Å². The summed E-state index contributed by atoms with van der Waals surface area (Å²) in [5, 5.41) is 3.39. The zero-order chi connectivity index (χ0) is 8.23. The fourth-order valence-electron chi connectivity index (χ4n) is 2.08. The average Bonchev–Trinajstić information content (AvgIpc) is 2.21. The fraction of sp³-hybridized carbons (Fsp3) is 0.800. The van der Waals surface area contributed by atoms with E-state index in [0.29, 0.717) is 0 Å². The molecule has 0 unspecified atom stereocenters. The highest BCUT2D eigenvalue weighted by molar-refractivity contribution is 5.06. The van der Waals surface area contributed by atoms with E-state index in [-0.39, 0.29) is 0 Å². The minimum Gasteiger partial charge on any atom is -0.501 e. The van der Waals surface area contributed by atoms with Gasteiger partial charge in [-0.2, -0.15) is 0 Å². The van der Waals surface area contributed by atoms with Gasteiger partial charge in [0.15, 0.2) is 0 Å². The highest BCUT2D eigenvalue weighted by Gasteiger charge is 2.18. The Morgan fingerprint density at radius 3 is 2.83 bits per heavy atom. The van der Waals surface area contributed by atoms with Crippen molar-refractivity contribution in [1.82, 2.24) is 5.32 Å². The van der Waals surface area contributed by atoms with E-state index in [4.69, 9.17) is 4.74 Å². The molecule has 0 aromatic rings. The molecule has 1 N–H and O–H groups in total. The lowest BCUT2D eigenvalue weighted by molar-refractivity contribution is 0.213. The summed E-state index contributed by atoms with van der Waals surface area (Å²) >= 11 is 0. The highest BCUT2D eigenvalue weighted by Crippen LogP contribution is 2.27. The first-order valence-corrected chi connectivity index (χ1v) is 4.98. The topological polar surface area (TPSA) is 21.3 Å². The normalized spacial score (nSPS) is 26.2. The number of piperidine rings is 1. The van der Waals surface area contributed by atoms with Gasteiger partial charge in [0.25, 0.3) is 0 Å². The first-order valence-electron chi connectivity index (χ1n) is 4.98. The predicted molar refractivity (Wildman–Crippen MR) is 48.9 cm³/mol. The molecule has 0 aromatic carbocycles. The largest absolute Gasteiger partial charge is 0.501 e. The van der Waals surface area contributed by atoms with Gasteiger partial charge in [0.2, 0.25) is 0 Å². The Bertz CT molecular complexity index is 171. The van der Waals surface area contributed by atoms with Crippen LogP contribution < -0.4 is 5.32 Å². The number of allylic oxidation sites excluding steroid dienone is 1. The van der Waals surface area contributed by atoms with Crippen LogP contribution in [0.15, 0.2) is 11.8 Å². The fourth-order valence-corrected chi connectivity index (χ4v) is 2.08. The molecule has 0 aromatic heterocycles. The molecule has 0 bridgehead atoms. The van der Waals surface area contributed by atoms with Crippen LogP contribution in [0.1, 0.15) is 25.7 Å². The van der Waals surface area contributed by atoms with Crippen molar-refractivity contribution >= 4 is 0 Å². The summed E-state index contributed by atoms with van der Waals surface area (Å²) in [6.45, 7) is 3.29. The maximum atomic E-state index is 5.35. The van der Waals surface area contributed by atoms with Crippen molar-refractivity contribution in [2.75, 3.05) is 19.7 Å². The number of rotatable bonds is 1. The highest BCUT2D eigenvalue weighted by atomic mass is 16.5. The Morgan fingerprint density at radius 1 is 1.33 bits per heavy atom. The van der Waals surface area contributed by atoms with Crippen LogP contribution in [0.3, 0.4) is 0 Å². The lowest BCUT2D eigenvalue weighted by Gasteiger charge is -2.26. The molecule has 2 heteroatoms. The predicted octanol–water partition coefficient (Wildman–Crippen LogP) is 1.68. The minimum absolute atomic E-state index is 0.812. The molecule has 0 radical (unpaired) electrons. The van der Waals surface area contributed by atoms with Crippen LogP contribution in [-0.2, 0) is 4.74 Å². The minimum atomic E-state index is 0.812. The quantitative estimate of drug-likeness (QED) is 0.641. The number of ether oxygens (including phenoxy) is 1. The summed E-state index contributed by atoms with van der Waals surface area (Å²) in [6.07, 6.45) is 7.10. The van der Waals surface area contributed by atoms with Gasteiger partial charge < -0.3 is 10.1 Å². The number of hydrogen-bond donors (Lipinski definition) is 1. The van der Waals surface area contributed by atoms with E-state index >= 15 is 0 Å². The van der Waals surface area contributed by atoms with Gasteiger partial charge in [-0.05, 0) is 50.3 Å². The zero-order valence-electron chi connectivity index (χ0n) is 7.51. The van der Waals surface area contributed by atoms with Gasteiger partial charge in [0, 0.05) is 0 Å². The molecule has 2 aliphatic heterocycles. The Labute approximate surface area is 74.0 Å². The summed E-state index contributed by atoms with van der Waals surface area (Å²) in [5.74, 6) is 0.812. The molecule has 1 fully saturated rings. The molecular weight excluding hydrogens is 150 g/mol. The third-order valence-corrected chi connectivity index (χ3v) is 2.83. The monoisotopic (exact) mass is 167 g/mol.